The number of nitrogens with zero attached hydrogens (tertiary/aromatic N) is 4. The zero-order valence-electron chi connectivity index (χ0n) is 29.0. The fraction of sp³-hybridized carbons (Fsp3) is 0.538. The molecule has 3 aromatic rings. The van der Waals surface area contributed by atoms with Gasteiger partial charge in [0.05, 0.1) is 11.3 Å². The SMILES string of the molecule is CCCCN(CCCC)C(=O)c1cc(C)n(-c2ccc(NC(=O)CC3CCCCC3)cc2C(=O)N2Cc3ccccc3C[C@H]2CCO)n1. The quantitative estimate of drug-likeness (QED) is 0.193. The lowest BCUT2D eigenvalue weighted by Crippen LogP contribution is -2.45. The first-order chi connectivity index (χ1) is 23.3. The van der Waals surface area contributed by atoms with Crippen LogP contribution in [0.2, 0.25) is 0 Å². The maximum atomic E-state index is 14.7. The van der Waals surface area contributed by atoms with Crippen LogP contribution in [0.5, 0.6) is 0 Å². The summed E-state index contributed by atoms with van der Waals surface area (Å²) in [5, 5.41) is 17.8. The number of carbonyl (C=O) groups excluding carboxylic acids is 3. The first-order valence-corrected chi connectivity index (χ1v) is 18.1. The fourth-order valence-electron chi connectivity index (χ4n) is 7.22. The zero-order chi connectivity index (χ0) is 34.0. The number of hydrogen-bond acceptors (Lipinski definition) is 5. The second-order valence-corrected chi connectivity index (χ2v) is 13.6. The van der Waals surface area contributed by atoms with E-state index in [1.54, 1.807) is 16.8 Å². The number of rotatable bonds is 14. The van der Waals surface area contributed by atoms with Crippen molar-refractivity contribution < 1.29 is 19.5 Å². The molecule has 1 aliphatic heterocycles. The van der Waals surface area contributed by atoms with Crippen LogP contribution in [-0.4, -0.2) is 68.1 Å². The smallest absolute Gasteiger partial charge is 0.274 e. The molecule has 258 valence electrons. The molecule has 0 spiro atoms. The number of amides is 3. The van der Waals surface area contributed by atoms with Crippen LogP contribution in [0.15, 0.2) is 48.5 Å². The van der Waals surface area contributed by atoms with E-state index >= 15 is 0 Å². The van der Waals surface area contributed by atoms with Gasteiger partial charge in [0.25, 0.3) is 11.8 Å². The standard InChI is InChI=1S/C39H53N5O4/c1-4-6-20-42(21-7-5-2)39(48)35-23-28(3)44(41-35)36-18-17-32(40-37(46)24-29-13-9-8-10-14-29)26-34(36)38(47)43-27-31-16-12-11-15-30(31)25-33(43)19-22-45/h11-12,15-18,23,26,29,33,45H,4-10,13-14,19-22,24-25,27H2,1-3H3,(H,40,46)/t33-/m1/s1. The van der Waals surface area contributed by atoms with E-state index in [1.807, 2.05) is 47.1 Å². The number of aromatic nitrogens is 2. The monoisotopic (exact) mass is 655 g/mol. The molecule has 48 heavy (non-hydrogen) atoms. The average Bonchev–Trinajstić information content (AvgIpc) is 3.49. The predicted octanol–water partition coefficient (Wildman–Crippen LogP) is 7.08. The number of unbranched alkanes of at least 4 members (excludes halogenated alkanes) is 2. The molecule has 1 saturated carbocycles. The first-order valence-electron chi connectivity index (χ1n) is 18.1. The highest BCUT2D eigenvalue weighted by Gasteiger charge is 2.32. The van der Waals surface area contributed by atoms with Crippen LogP contribution >= 0.6 is 0 Å². The number of aryl methyl sites for hydroxylation is 1. The van der Waals surface area contributed by atoms with Crippen LogP contribution < -0.4 is 5.32 Å². The molecule has 5 rings (SSSR count). The van der Waals surface area contributed by atoms with Crippen molar-refractivity contribution in [2.24, 2.45) is 5.92 Å². The molecule has 3 amide bonds. The Morgan fingerprint density at radius 2 is 1.67 bits per heavy atom. The lowest BCUT2D eigenvalue weighted by atomic mass is 9.87. The van der Waals surface area contributed by atoms with Crippen molar-refractivity contribution in [3.63, 3.8) is 0 Å². The minimum atomic E-state index is -0.198. The average molecular weight is 656 g/mol. The van der Waals surface area contributed by atoms with Crippen molar-refractivity contribution in [3.8, 4) is 5.69 Å². The van der Waals surface area contributed by atoms with Gasteiger partial charge in [-0.15, -0.1) is 0 Å². The number of aliphatic hydroxyl groups excluding tert-OH is 1. The Labute approximate surface area is 285 Å². The van der Waals surface area contributed by atoms with Crippen LogP contribution in [0.25, 0.3) is 5.69 Å². The molecule has 0 bridgehead atoms. The van der Waals surface area contributed by atoms with Crippen molar-refractivity contribution in [1.29, 1.82) is 0 Å². The number of carbonyl (C=O) groups is 3. The number of fused-ring (bicyclic) bond motifs is 1. The number of aliphatic hydroxyl groups is 1. The van der Waals surface area contributed by atoms with Crippen LogP contribution in [0, 0.1) is 12.8 Å². The maximum absolute atomic E-state index is 14.7. The van der Waals surface area contributed by atoms with Crippen molar-refractivity contribution in [2.75, 3.05) is 25.0 Å². The number of nitrogens with one attached hydrogen (secondary N) is 1. The van der Waals surface area contributed by atoms with Gasteiger partial charge in [-0.05, 0) is 86.8 Å². The van der Waals surface area contributed by atoms with Crippen molar-refractivity contribution in [1.82, 2.24) is 19.6 Å². The highest BCUT2D eigenvalue weighted by molar-refractivity contribution is 6.01. The van der Waals surface area contributed by atoms with Crippen LogP contribution in [-0.2, 0) is 17.8 Å². The largest absolute Gasteiger partial charge is 0.396 e. The third kappa shape index (κ3) is 8.53. The summed E-state index contributed by atoms with van der Waals surface area (Å²) < 4.78 is 1.69. The van der Waals surface area contributed by atoms with Gasteiger partial charge in [-0.2, -0.15) is 5.10 Å². The Bertz CT molecular complexity index is 1550. The molecule has 0 radical (unpaired) electrons. The summed E-state index contributed by atoms with van der Waals surface area (Å²) in [6.45, 7) is 7.89. The second kappa shape index (κ2) is 16.9. The summed E-state index contributed by atoms with van der Waals surface area (Å²) in [6, 6.07) is 15.1. The molecule has 2 N–H and O–H groups in total. The molecule has 9 nitrogen and oxygen atoms in total. The fourth-order valence-corrected chi connectivity index (χ4v) is 7.22. The molecule has 2 heterocycles. The molecule has 2 aromatic carbocycles. The summed E-state index contributed by atoms with van der Waals surface area (Å²) in [5.41, 5.74) is 4.87. The molecule has 0 saturated heterocycles. The van der Waals surface area contributed by atoms with Gasteiger partial charge < -0.3 is 20.2 Å². The van der Waals surface area contributed by atoms with Gasteiger partial charge in [-0.1, -0.05) is 70.2 Å². The summed E-state index contributed by atoms with van der Waals surface area (Å²) in [4.78, 5) is 45.2. The first kappa shape index (κ1) is 35.3. The van der Waals surface area contributed by atoms with Crippen molar-refractivity contribution in [3.05, 3.63) is 76.6 Å². The van der Waals surface area contributed by atoms with Gasteiger partial charge in [-0.3, -0.25) is 14.4 Å². The molecular formula is C39H53N5O4. The van der Waals surface area contributed by atoms with E-state index in [0.717, 1.165) is 49.8 Å². The van der Waals surface area contributed by atoms with Crippen molar-refractivity contribution >= 4 is 23.4 Å². The van der Waals surface area contributed by atoms with Gasteiger partial charge in [0, 0.05) is 50.1 Å². The Hall–Kier alpha value is -3.98. The van der Waals surface area contributed by atoms with Crippen molar-refractivity contribution in [2.45, 2.75) is 110 Å². The number of hydrogen-bond donors (Lipinski definition) is 2. The summed E-state index contributed by atoms with van der Waals surface area (Å²) in [6.07, 6.45) is 11.2. The number of benzene rings is 2. The summed E-state index contributed by atoms with van der Waals surface area (Å²) in [5.74, 6) is 0.0506. The Kier molecular flexibility index (Phi) is 12.4. The molecule has 1 aromatic heterocycles. The molecule has 0 unspecified atom stereocenters. The van der Waals surface area contributed by atoms with E-state index in [1.165, 1.54) is 24.8 Å². The summed E-state index contributed by atoms with van der Waals surface area (Å²) in [7, 11) is 0. The zero-order valence-corrected chi connectivity index (χ0v) is 29.0. The normalized spacial score (nSPS) is 16.4. The van der Waals surface area contributed by atoms with Gasteiger partial charge in [0.2, 0.25) is 5.91 Å². The van der Waals surface area contributed by atoms with E-state index in [2.05, 4.69) is 25.2 Å². The minimum absolute atomic E-state index is 0.0307. The van der Waals surface area contributed by atoms with Crippen LogP contribution in [0.3, 0.4) is 0 Å². The second-order valence-electron chi connectivity index (χ2n) is 13.6. The maximum Gasteiger partial charge on any atom is 0.274 e. The molecule has 1 atom stereocenters. The lowest BCUT2D eigenvalue weighted by Gasteiger charge is -2.37. The Morgan fingerprint density at radius 3 is 2.35 bits per heavy atom. The Morgan fingerprint density at radius 1 is 0.958 bits per heavy atom. The highest BCUT2D eigenvalue weighted by Crippen LogP contribution is 2.31. The number of anilines is 1. The van der Waals surface area contributed by atoms with E-state index < -0.39 is 0 Å². The molecular weight excluding hydrogens is 602 g/mol. The molecule has 1 fully saturated rings. The third-order valence-corrected chi connectivity index (χ3v) is 9.97. The molecule has 9 heteroatoms. The predicted molar refractivity (Wildman–Crippen MR) is 189 cm³/mol. The van der Waals surface area contributed by atoms with Gasteiger partial charge in [0.1, 0.15) is 0 Å². The lowest BCUT2D eigenvalue weighted by molar-refractivity contribution is -0.117. The van der Waals surface area contributed by atoms with Crippen LogP contribution in [0.4, 0.5) is 5.69 Å². The summed E-state index contributed by atoms with van der Waals surface area (Å²) >= 11 is 0. The highest BCUT2D eigenvalue weighted by atomic mass is 16.3. The Balaban J connectivity index is 1.50. The van der Waals surface area contributed by atoms with Gasteiger partial charge in [0.15, 0.2) is 5.69 Å². The van der Waals surface area contributed by atoms with E-state index in [9.17, 15) is 19.5 Å². The van der Waals surface area contributed by atoms with E-state index in [4.69, 9.17) is 5.10 Å². The molecule has 1 aliphatic carbocycles. The van der Waals surface area contributed by atoms with E-state index in [-0.39, 0.29) is 30.4 Å². The third-order valence-electron chi connectivity index (χ3n) is 9.97. The van der Waals surface area contributed by atoms with Gasteiger partial charge >= 0.3 is 0 Å². The van der Waals surface area contributed by atoms with Crippen LogP contribution in [0.1, 0.15) is 122 Å². The molecule has 2 aliphatic rings. The topological polar surface area (TPSA) is 108 Å². The van der Waals surface area contributed by atoms with Gasteiger partial charge in [-0.25, -0.2) is 4.68 Å². The van der Waals surface area contributed by atoms with E-state index in [0.29, 0.717) is 67.4 Å². The minimum Gasteiger partial charge on any atom is -0.396 e.